The number of benzene rings is 4. The third-order valence-corrected chi connectivity index (χ3v) is 8.97. The summed E-state index contributed by atoms with van der Waals surface area (Å²) in [5.74, 6) is 0.976. The normalized spacial score (nSPS) is 11.7. The third kappa shape index (κ3) is 3.70. The molecule has 0 saturated heterocycles. The van der Waals surface area contributed by atoms with E-state index >= 15 is 0 Å². The minimum atomic E-state index is 0.976. The molecular weight excluding hydrogens is 494 g/mol. The van der Waals surface area contributed by atoms with Crippen molar-refractivity contribution < 1.29 is 0 Å². The molecule has 7 rings (SSSR count). The number of imidazole rings is 1. The number of aromatic nitrogens is 3. The topological polar surface area (TPSA) is 30.7 Å². The first-order valence-corrected chi connectivity index (χ1v) is 14.2. The molecule has 39 heavy (non-hydrogen) atoms. The van der Waals surface area contributed by atoms with E-state index < -0.39 is 0 Å². The molecule has 0 saturated carbocycles. The van der Waals surface area contributed by atoms with Gasteiger partial charge in [-0.05, 0) is 81.1 Å². The third-order valence-electron chi connectivity index (χ3n) is 7.78. The molecule has 0 fully saturated rings. The number of hydrogen-bond acceptors (Lipinski definition) is 3. The Bertz CT molecular complexity index is 2030. The quantitative estimate of drug-likeness (QED) is 0.231. The Morgan fingerprint density at radius 3 is 2.18 bits per heavy atom. The largest absolute Gasteiger partial charge is 0.292 e. The zero-order chi connectivity index (χ0) is 26.8. The van der Waals surface area contributed by atoms with Crippen LogP contribution in [0.15, 0.2) is 85.1 Å². The van der Waals surface area contributed by atoms with Crippen molar-refractivity contribution in [2.24, 2.45) is 0 Å². The van der Waals surface area contributed by atoms with E-state index in [9.17, 15) is 0 Å². The molecule has 0 aliphatic heterocycles. The Hall–Kier alpha value is -4.28. The molecule has 0 N–H and O–H groups in total. The predicted octanol–water partition coefficient (Wildman–Crippen LogP) is 9.66. The van der Waals surface area contributed by atoms with E-state index in [0.717, 1.165) is 28.1 Å². The maximum atomic E-state index is 5.21. The van der Waals surface area contributed by atoms with Crippen LogP contribution in [0.1, 0.15) is 27.8 Å². The van der Waals surface area contributed by atoms with Crippen molar-refractivity contribution in [3.63, 3.8) is 0 Å². The Labute approximate surface area is 232 Å². The van der Waals surface area contributed by atoms with Crippen molar-refractivity contribution >= 4 is 42.5 Å². The van der Waals surface area contributed by atoms with Crippen LogP contribution in [-0.2, 0) is 0 Å². The van der Waals surface area contributed by atoms with Gasteiger partial charge in [0.15, 0.2) is 0 Å². The molecule has 0 radical (unpaired) electrons. The minimum absolute atomic E-state index is 0.976. The number of pyridine rings is 1. The van der Waals surface area contributed by atoms with E-state index in [1.165, 1.54) is 59.2 Å². The number of thiophene rings is 1. The van der Waals surface area contributed by atoms with Crippen LogP contribution in [0.4, 0.5) is 0 Å². The van der Waals surface area contributed by atoms with Crippen LogP contribution in [0.5, 0.6) is 0 Å². The average Bonchev–Trinajstić information content (AvgIpc) is 3.47. The van der Waals surface area contributed by atoms with E-state index in [2.05, 4.69) is 118 Å². The second-order valence-electron chi connectivity index (χ2n) is 10.6. The van der Waals surface area contributed by atoms with Gasteiger partial charge in [0.05, 0.1) is 27.1 Å². The number of aryl methyl sites for hydroxylation is 5. The standard InChI is InChI=1S/C35H29N3S/c1-20-16-23(4)32(24(5)17-20)29-18-27-25-12-9-13-26(34(25)39-31(27)19-36-29)35-37-28-14-6-7-15-30(28)38(35)33-21(2)10-8-11-22(33)3/h6-19H,1-5H3. The molecule has 3 nitrogen and oxygen atoms in total. The van der Waals surface area contributed by atoms with Gasteiger partial charge in [0.1, 0.15) is 5.82 Å². The highest BCUT2D eigenvalue weighted by Gasteiger charge is 2.21. The van der Waals surface area contributed by atoms with Crippen molar-refractivity contribution in [2.75, 3.05) is 0 Å². The molecule has 0 aliphatic rings. The fourth-order valence-electron chi connectivity index (χ4n) is 6.19. The second-order valence-corrected chi connectivity index (χ2v) is 11.7. The first-order chi connectivity index (χ1) is 18.9. The Kier molecular flexibility index (Phi) is 5.43. The number of hydrogen-bond donors (Lipinski definition) is 0. The predicted molar refractivity (Wildman–Crippen MR) is 166 cm³/mol. The van der Waals surface area contributed by atoms with Crippen molar-refractivity contribution in [1.82, 2.24) is 14.5 Å². The van der Waals surface area contributed by atoms with E-state index in [1.54, 1.807) is 11.3 Å². The molecule has 3 heterocycles. The highest BCUT2D eigenvalue weighted by molar-refractivity contribution is 7.26. The van der Waals surface area contributed by atoms with Crippen LogP contribution in [0.2, 0.25) is 0 Å². The summed E-state index contributed by atoms with van der Waals surface area (Å²) in [5, 5.41) is 2.50. The Balaban J connectivity index is 1.51. The van der Waals surface area contributed by atoms with Crippen molar-refractivity contribution in [1.29, 1.82) is 0 Å². The molecule has 0 bridgehead atoms. The lowest BCUT2D eigenvalue weighted by Gasteiger charge is -2.15. The highest BCUT2D eigenvalue weighted by Crippen LogP contribution is 2.42. The zero-order valence-corrected chi connectivity index (χ0v) is 23.6. The van der Waals surface area contributed by atoms with Gasteiger partial charge in [-0.15, -0.1) is 11.3 Å². The lowest BCUT2D eigenvalue weighted by molar-refractivity contribution is 1.07. The Morgan fingerprint density at radius 1 is 0.692 bits per heavy atom. The summed E-state index contributed by atoms with van der Waals surface area (Å²) in [4.78, 5) is 10.2. The maximum Gasteiger partial charge on any atom is 0.147 e. The number of nitrogens with zero attached hydrogens (tertiary/aromatic N) is 3. The lowest BCUT2D eigenvalue weighted by atomic mass is 9.96. The fraction of sp³-hybridized carbons (Fsp3) is 0.143. The van der Waals surface area contributed by atoms with Gasteiger partial charge < -0.3 is 0 Å². The van der Waals surface area contributed by atoms with Gasteiger partial charge in [-0.2, -0.15) is 0 Å². The molecule has 0 spiro atoms. The van der Waals surface area contributed by atoms with Crippen molar-refractivity contribution in [2.45, 2.75) is 34.6 Å². The summed E-state index contributed by atoms with van der Waals surface area (Å²) >= 11 is 1.80. The van der Waals surface area contributed by atoms with Crippen molar-refractivity contribution in [3.05, 3.63) is 113 Å². The lowest BCUT2D eigenvalue weighted by Crippen LogP contribution is -2.02. The summed E-state index contributed by atoms with van der Waals surface area (Å²) in [6, 6.07) is 28.3. The Morgan fingerprint density at radius 2 is 1.41 bits per heavy atom. The molecule has 3 aromatic heterocycles. The van der Waals surface area contributed by atoms with E-state index in [4.69, 9.17) is 9.97 Å². The molecule has 7 aromatic rings. The van der Waals surface area contributed by atoms with Crippen LogP contribution in [0, 0.1) is 34.6 Å². The van der Waals surface area contributed by atoms with Crippen LogP contribution >= 0.6 is 11.3 Å². The molecule has 190 valence electrons. The van der Waals surface area contributed by atoms with Gasteiger partial charge in [-0.25, -0.2) is 4.98 Å². The second kappa shape index (κ2) is 8.89. The van der Waals surface area contributed by atoms with Gasteiger partial charge in [-0.3, -0.25) is 9.55 Å². The summed E-state index contributed by atoms with van der Waals surface area (Å²) in [6.07, 6.45) is 2.05. The van der Waals surface area contributed by atoms with Crippen LogP contribution in [0.25, 0.3) is 59.5 Å². The van der Waals surface area contributed by atoms with E-state index in [-0.39, 0.29) is 0 Å². The van der Waals surface area contributed by atoms with E-state index in [0.29, 0.717) is 0 Å². The van der Waals surface area contributed by atoms with Crippen molar-refractivity contribution in [3.8, 4) is 28.3 Å². The van der Waals surface area contributed by atoms with Gasteiger partial charge in [0.25, 0.3) is 0 Å². The number of rotatable bonds is 3. The molecule has 0 aliphatic carbocycles. The summed E-state index contributed by atoms with van der Waals surface area (Å²) < 4.78 is 4.78. The summed E-state index contributed by atoms with van der Waals surface area (Å²) in [5.41, 5.74) is 13.0. The maximum absolute atomic E-state index is 5.21. The minimum Gasteiger partial charge on any atom is -0.292 e. The van der Waals surface area contributed by atoms with Gasteiger partial charge in [0.2, 0.25) is 0 Å². The van der Waals surface area contributed by atoms with Crippen LogP contribution < -0.4 is 0 Å². The monoisotopic (exact) mass is 523 g/mol. The van der Waals surface area contributed by atoms with Gasteiger partial charge in [-0.1, -0.05) is 60.2 Å². The molecule has 0 unspecified atom stereocenters. The fourth-order valence-corrected chi connectivity index (χ4v) is 7.35. The smallest absolute Gasteiger partial charge is 0.147 e. The van der Waals surface area contributed by atoms with E-state index in [1.807, 2.05) is 6.20 Å². The zero-order valence-electron chi connectivity index (χ0n) is 22.8. The highest BCUT2D eigenvalue weighted by atomic mass is 32.1. The summed E-state index contributed by atoms with van der Waals surface area (Å²) in [6.45, 7) is 10.9. The first kappa shape index (κ1) is 23.8. The molecule has 4 aromatic carbocycles. The molecule has 0 atom stereocenters. The molecule has 4 heteroatoms. The average molecular weight is 524 g/mol. The van der Waals surface area contributed by atoms with Gasteiger partial charge >= 0.3 is 0 Å². The summed E-state index contributed by atoms with van der Waals surface area (Å²) in [7, 11) is 0. The SMILES string of the molecule is Cc1cc(C)c(-c2cc3c(cn2)sc2c(-c4nc5ccccc5n4-c4c(C)cccc4C)cccc23)c(C)c1. The first-order valence-electron chi connectivity index (χ1n) is 13.3. The number of para-hydroxylation sites is 3. The number of fused-ring (bicyclic) bond motifs is 4. The molecular formula is C35H29N3S. The molecule has 0 amide bonds. The van der Waals surface area contributed by atoms with Crippen LogP contribution in [0.3, 0.4) is 0 Å². The van der Waals surface area contributed by atoms with Gasteiger partial charge in [0, 0.05) is 32.8 Å². The van der Waals surface area contributed by atoms with Crippen LogP contribution in [-0.4, -0.2) is 14.5 Å².